The van der Waals surface area contributed by atoms with Gasteiger partial charge in [0.1, 0.15) is 10.5 Å². The van der Waals surface area contributed by atoms with Crippen LogP contribution in [0, 0.1) is 0 Å². The van der Waals surface area contributed by atoms with E-state index in [1.807, 2.05) is 0 Å². The zero-order valence-electron chi connectivity index (χ0n) is 14.0. The Bertz CT molecular complexity index is 1080. The van der Waals surface area contributed by atoms with Gasteiger partial charge in [-0.1, -0.05) is 35.3 Å². The van der Waals surface area contributed by atoms with Crippen LogP contribution in [0.25, 0.3) is 5.65 Å². The highest BCUT2D eigenvalue weighted by molar-refractivity contribution is 7.89. The molecule has 2 N–H and O–H groups in total. The Morgan fingerprint density at radius 2 is 1.89 bits per heavy atom. The summed E-state index contributed by atoms with van der Waals surface area (Å²) in [6, 6.07) is 9.62. The van der Waals surface area contributed by atoms with Crippen molar-refractivity contribution in [3.05, 3.63) is 64.5 Å². The van der Waals surface area contributed by atoms with Gasteiger partial charge in [0.25, 0.3) is 0 Å². The minimum absolute atomic E-state index is 0.0110. The van der Waals surface area contributed by atoms with Gasteiger partial charge in [0.2, 0.25) is 15.9 Å². The van der Waals surface area contributed by atoms with E-state index in [9.17, 15) is 13.2 Å². The molecule has 0 aliphatic heterocycles. The van der Waals surface area contributed by atoms with Crippen molar-refractivity contribution in [2.45, 2.75) is 17.9 Å². The van der Waals surface area contributed by atoms with Crippen LogP contribution in [0.1, 0.15) is 12.1 Å². The minimum Gasteiger partial charge on any atom is -0.350 e. The number of sulfonamides is 1. The molecule has 0 spiro atoms. The van der Waals surface area contributed by atoms with Gasteiger partial charge in [-0.25, -0.2) is 18.1 Å². The van der Waals surface area contributed by atoms with Crippen LogP contribution < -0.4 is 10.0 Å². The van der Waals surface area contributed by atoms with Gasteiger partial charge in [0.15, 0.2) is 0 Å². The molecule has 0 unspecified atom stereocenters. The number of hydrogen-bond donors (Lipinski definition) is 2. The minimum atomic E-state index is -3.77. The summed E-state index contributed by atoms with van der Waals surface area (Å²) in [6.07, 6.45) is 3.48. The molecule has 10 heteroatoms. The molecule has 0 bridgehead atoms. The third-order valence-corrected chi connectivity index (χ3v) is 5.89. The van der Waals surface area contributed by atoms with Crippen LogP contribution in [0.4, 0.5) is 0 Å². The van der Waals surface area contributed by atoms with Gasteiger partial charge in [0, 0.05) is 25.4 Å². The quantitative estimate of drug-likeness (QED) is 0.607. The molecule has 0 saturated heterocycles. The molecule has 3 rings (SSSR count). The van der Waals surface area contributed by atoms with Crippen molar-refractivity contribution in [1.29, 1.82) is 0 Å². The van der Waals surface area contributed by atoms with Gasteiger partial charge in [0.05, 0.1) is 22.3 Å². The number of nitrogens with one attached hydrogen (secondary N) is 2. The summed E-state index contributed by atoms with van der Waals surface area (Å²) < 4.78 is 28.5. The van der Waals surface area contributed by atoms with Crippen LogP contribution in [0.15, 0.2) is 53.7 Å². The lowest BCUT2D eigenvalue weighted by atomic mass is 10.4. The number of aromatic nitrogens is 2. The van der Waals surface area contributed by atoms with E-state index in [4.69, 9.17) is 23.2 Å². The van der Waals surface area contributed by atoms with E-state index in [0.29, 0.717) is 10.7 Å². The van der Waals surface area contributed by atoms with Crippen LogP contribution in [-0.4, -0.2) is 30.3 Å². The monoisotopic (exact) mass is 426 g/mol. The van der Waals surface area contributed by atoms with Gasteiger partial charge in [-0.2, -0.15) is 0 Å². The highest BCUT2D eigenvalue weighted by Gasteiger charge is 2.17. The second kappa shape index (κ2) is 8.26. The number of benzene rings is 1. The summed E-state index contributed by atoms with van der Waals surface area (Å²) in [6.45, 7) is 0.190. The topological polar surface area (TPSA) is 92.6 Å². The normalized spacial score (nSPS) is 11.6. The Morgan fingerprint density at radius 1 is 1.11 bits per heavy atom. The Kier molecular flexibility index (Phi) is 6.01. The first-order valence-corrected chi connectivity index (χ1v) is 10.2. The first-order chi connectivity index (χ1) is 12.8. The molecule has 3 aromatic rings. The highest BCUT2D eigenvalue weighted by Crippen LogP contribution is 2.20. The van der Waals surface area contributed by atoms with Crippen LogP contribution in [0.3, 0.4) is 0 Å². The van der Waals surface area contributed by atoms with E-state index < -0.39 is 10.0 Å². The van der Waals surface area contributed by atoms with Crippen molar-refractivity contribution in [1.82, 2.24) is 19.4 Å². The maximum Gasteiger partial charge on any atom is 0.242 e. The molecule has 1 aromatic carbocycles. The van der Waals surface area contributed by atoms with Crippen LogP contribution in [0.5, 0.6) is 0 Å². The van der Waals surface area contributed by atoms with Crippen LogP contribution in [-0.2, 0) is 21.4 Å². The Balaban J connectivity index is 1.50. The molecule has 142 valence electrons. The van der Waals surface area contributed by atoms with Gasteiger partial charge >= 0.3 is 0 Å². The van der Waals surface area contributed by atoms with Gasteiger partial charge < -0.3 is 9.72 Å². The Morgan fingerprint density at radius 3 is 2.67 bits per heavy atom. The summed E-state index contributed by atoms with van der Waals surface area (Å²) in [7, 11) is -3.77. The third kappa shape index (κ3) is 4.98. The summed E-state index contributed by atoms with van der Waals surface area (Å²) in [5.41, 5.74) is 1.39. The second-order valence-electron chi connectivity index (χ2n) is 5.70. The first-order valence-electron chi connectivity index (χ1n) is 7.99. The molecular weight excluding hydrogens is 411 g/mol. The molecule has 2 heterocycles. The Hall–Kier alpha value is -2.13. The lowest BCUT2D eigenvalue weighted by Crippen LogP contribution is -2.30. The Labute approximate surface area is 166 Å². The number of fused-ring (bicyclic) bond motifs is 1. The fourth-order valence-corrected chi connectivity index (χ4v) is 4.14. The number of carbonyl (C=O) groups is 1. The van der Waals surface area contributed by atoms with Gasteiger partial charge in [-0.15, -0.1) is 0 Å². The van der Waals surface area contributed by atoms with E-state index in [2.05, 4.69) is 15.0 Å². The number of rotatable bonds is 7. The summed E-state index contributed by atoms with van der Waals surface area (Å²) in [4.78, 5) is 16.3. The zero-order valence-corrected chi connectivity index (χ0v) is 16.4. The van der Waals surface area contributed by atoms with Crippen molar-refractivity contribution in [3.63, 3.8) is 0 Å². The molecular formula is C17H16Cl2N4O3S. The van der Waals surface area contributed by atoms with Crippen LogP contribution in [0.2, 0.25) is 10.0 Å². The number of halogens is 2. The largest absolute Gasteiger partial charge is 0.350 e. The molecule has 1 amide bonds. The van der Waals surface area contributed by atoms with Crippen molar-refractivity contribution in [3.8, 4) is 0 Å². The van der Waals surface area contributed by atoms with Crippen molar-refractivity contribution in [2.75, 3.05) is 6.54 Å². The smallest absolute Gasteiger partial charge is 0.242 e. The highest BCUT2D eigenvalue weighted by atomic mass is 35.5. The van der Waals surface area contributed by atoms with E-state index >= 15 is 0 Å². The molecule has 0 aliphatic rings. The maximum atomic E-state index is 12.2. The molecule has 0 aliphatic carbocycles. The SMILES string of the molecule is O=C(CCNS(=O)(=O)c1ccccc1Cl)NCc1cn2cc(Cl)ccc2n1. The van der Waals surface area contributed by atoms with E-state index in [0.717, 1.165) is 5.65 Å². The second-order valence-corrected chi connectivity index (χ2v) is 8.28. The molecule has 0 saturated carbocycles. The first kappa shape index (κ1) is 19.6. The number of hydrogen-bond acceptors (Lipinski definition) is 4. The standard InChI is InChI=1S/C17H16Cl2N4O3S/c18-12-5-6-16-22-13(11-23(16)10-12)9-20-17(24)7-8-21-27(25,26)15-4-2-1-3-14(15)19/h1-6,10-11,21H,7-9H2,(H,20,24). The van der Waals surface area contributed by atoms with Gasteiger partial charge in [-0.3, -0.25) is 4.79 Å². The number of imidazole rings is 1. The molecule has 2 aromatic heterocycles. The fraction of sp³-hybridized carbons (Fsp3) is 0.176. The number of pyridine rings is 1. The van der Waals surface area contributed by atoms with Crippen molar-refractivity contribution in [2.24, 2.45) is 0 Å². The summed E-state index contributed by atoms with van der Waals surface area (Å²) in [5, 5.41) is 3.41. The summed E-state index contributed by atoms with van der Waals surface area (Å²) >= 11 is 11.8. The van der Waals surface area contributed by atoms with E-state index in [1.165, 1.54) is 12.1 Å². The summed E-state index contributed by atoms with van der Waals surface area (Å²) in [5.74, 6) is -0.299. The average Bonchev–Trinajstić information content (AvgIpc) is 3.02. The average molecular weight is 427 g/mol. The van der Waals surface area contributed by atoms with Crippen molar-refractivity contribution >= 4 is 44.8 Å². The lowest BCUT2D eigenvalue weighted by Gasteiger charge is -2.08. The van der Waals surface area contributed by atoms with E-state index in [1.54, 1.807) is 41.1 Å². The molecule has 0 radical (unpaired) electrons. The predicted octanol–water partition coefficient (Wildman–Crippen LogP) is 2.63. The number of nitrogens with zero attached hydrogens (tertiary/aromatic N) is 2. The zero-order chi connectivity index (χ0) is 19.4. The molecule has 7 nitrogen and oxygen atoms in total. The van der Waals surface area contributed by atoms with Crippen molar-refractivity contribution < 1.29 is 13.2 Å². The lowest BCUT2D eigenvalue weighted by molar-refractivity contribution is -0.121. The number of carbonyl (C=O) groups excluding carboxylic acids is 1. The predicted molar refractivity (Wildman–Crippen MR) is 103 cm³/mol. The fourth-order valence-electron chi connectivity index (χ4n) is 2.42. The molecule has 0 atom stereocenters. The molecule has 27 heavy (non-hydrogen) atoms. The van der Waals surface area contributed by atoms with Gasteiger partial charge in [-0.05, 0) is 24.3 Å². The number of amides is 1. The van der Waals surface area contributed by atoms with E-state index in [-0.39, 0.29) is 35.3 Å². The van der Waals surface area contributed by atoms with Crippen LogP contribution >= 0.6 is 23.2 Å². The maximum absolute atomic E-state index is 12.2. The molecule has 0 fully saturated rings. The third-order valence-electron chi connectivity index (χ3n) is 3.70.